The minimum Gasteiger partial charge on any atom is -0.299 e. The van der Waals surface area contributed by atoms with E-state index in [0.29, 0.717) is 13.1 Å². The summed E-state index contributed by atoms with van der Waals surface area (Å²) in [6.45, 7) is 6.73. The van der Waals surface area contributed by atoms with Crippen molar-refractivity contribution < 1.29 is 13.2 Å². The molecule has 1 saturated heterocycles. The molecule has 0 amide bonds. The van der Waals surface area contributed by atoms with Gasteiger partial charge in [-0.2, -0.15) is 18.4 Å². The molecule has 98 valence electrons. The summed E-state index contributed by atoms with van der Waals surface area (Å²) in [5.41, 5.74) is 0. The highest BCUT2D eigenvalue weighted by molar-refractivity contribution is 4.92. The Morgan fingerprint density at radius 2 is 2.06 bits per heavy atom. The van der Waals surface area contributed by atoms with Crippen LogP contribution < -0.4 is 0 Å². The zero-order valence-electron chi connectivity index (χ0n) is 10.2. The highest BCUT2D eigenvalue weighted by Crippen LogP contribution is 2.27. The fourth-order valence-corrected chi connectivity index (χ4v) is 2.18. The number of nitrogens with zero attached hydrogens (tertiary/aromatic N) is 3. The van der Waals surface area contributed by atoms with Crippen LogP contribution in [0.5, 0.6) is 0 Å². The maximum Gasteiger partial charge on any atom is 0.405 e. The lowest BCUT2D eigenvalue weighted by atomic mass is 10.1. The lowest BCUT2D eigenvalue weighted by Gasteiger charge is -2.40. The van der Waals surface area contributed by atoms with Gasteiger partial charge < -0.3 is 0 Å². The van der Waals surface area contributed by atoms with Gasteiger partial charge >= 0.3 is 6.18 Å². The number of alkyl halides is 3. The maximum atomic E-state index is 12.5. The first-order valence-electron chi connectivity index (χ1n) is 5.81. The van der Waals surface area contributed by atoms with Gasteiger partial charge in [0.05, 0.1) is 6.07 Å². The summed E-state index contributed by atoms with van der Waals surface area (Å²) in [5.74, 6) is -1.87. The Kier molecular flexibility index (Phi) is 4.78. The molecule has 0 aliphatic carbocycles. The number of halogens is 3. The van der Waals surface area contributed by atoms with Crippen LogP contribution in [-0.2, 0) is 0 Å². The molecule has 1 aliphatic heterocycles. The third-order valence-corrected chi connectivity index (χ3v) is 3.25. The zero-order valence-corrected chi connectivity index (χ0v) is 10.2. The highest BCUT2D eigenvalue weighted by Gasteiger charge is 2.41. The zero-order chi connectivity index (χ0) is 13.1. The first-order valence-corrected chi connectivity index (χ1v) is 5.81. The van der Waals surface area contributed by atoms with E-state index in [-0.39, 0.29) is 12.6 Å². The molecule has 0 saturated carbocycles. The molecule has 17 heavy (non-hydrogen) atoms. The van der Waals surface area contributed by atoms with Crippen LogP contribution in [-0.4, -0.2) is 54.7 Å². The second-order valence-electron chi connectivity index (χ2n) is 4.46. The van der Waals surface area contributed by atoms with Crippen LogP contribution in [0.25, 0.3) is 0 Å². The number of hydrogen-bond acceptors (Lipinski definition) is 3. The molecular formula is C11H18F3N3. The third-order valence-electron chi connectivity index (χ3n) is 3.25. The molecule has 0 aromatic carbocycles. The van der Waals surface area contributed by atoms with Gasteiger partial charge in [-0.05, 0) is 13.5 Å². The van der Waals surface area contributed by atoms with Gasteiger partial charge in [0.1, 0.15) is 0 Å². The summed E-state index contributed by atoms with van der Waals surface area (Å²) >= 11 is 0. The first kappa shape index (κ1) is 14.3. The van der Waals surface area contributed by atoms with Crippen LogP contribution in [0, 0.1) is 17.2 Å². The van der Waals surface area contributed by atoms with Crippen molar-refractivity contribution >= 4 is 0 Å². The molecule has 1 heterocycles. The maximum absolute atomic E-state index is 12.5. The number of piperazine rings is 1. The average Bonchev–Trinajstić information content (AvgIpc) is 2.24. The molecule has 0 bridgehead atoms. The van der Waals surface area contributed by atoms with Gasteiger partial charge in [-0.15, -0.1) is 0 Å². The first-order chi connectivity index (χ1) is 7.88. The Balaban J connectivity index is 2.52. The van der Waals surface area contributed by atoms with E-state index in [0.717, 1.165) is 13.1 Å². The molecule has 0 N–H and O–H groups in total. The molecule has 1 rings (SSSR count). The summed E-state index contributed by atoms with van der Waals surface area (Å²) in [4.78, 5) is 3.96. The van der Waals surface area contributed by atoms with Gasteiger partial charge in [0, 0.05) is 32.2 Å². The summed E-state index contributed by atoms with van der Waals surface area (Å²) in [6.07, 6.45) is -4.42. The highest BCUT2D eigenvalue weighted by atomic mass is 19.4. The number of rotatable bonds is 3. The molecule has 6 heteroatoms. The van der Waals surface area contributed by atoms with Crippen molar-refractivity contribution in [2.75, 3.05) is 32.7 Å². The largest absolute Gasteiger partial charge is 0.405 e. The van der Waals surface area contributed by atoms with Gasteiger partial charge in [0.25, 0.3) is 0 Å². The number of likely N-dealkylation sites (N-methyl/N-ethyl adjacent to an activating group) is 1. The summed E-state index contributed by atoms with van der Waals surface area (Å²) < 4.78 is 37.4. The quantitative estimate of drug-likeness (QED) is 0.763. The molecule has 0 aromatic rings. The fraction of sp³-hybridized carbons (Fsp3) is 0.909. The van der Waals surface area contributed by atoms with E-state index in [1.807, 2.05) is 13.8 Å². The van der Waals surface area contributed by atoms with Gasteiger partial charge in [-0.1, -0.05) is 6.92 Å². The number of hydrogen-bond donors (Lipinski definition) is 0. The van der Waals surface area contributed by atoms with Crippen LogP contribution in [0.1, 0.15) is 13.8 Å². The van der Waals surface area contributed by atoms with Crippen LogP contribution in [0.15, 0.2) is 0 Å². The predicted octanol–water partition coefficient (Wildman–Crippen LogP) is 1.71. The molecule has 3 nitrogen and oxygen atoms in total. The lowest BCUT2D eigenvalue weighted by Crippen LogP contribution is -2.53. The molecule has 1 fully saturated rings. The molecule has 0 aromatic heterocycles. The predicted molar refractivity (Wildman–Crippen MR) is 58.3 cm³/mol. The van der Waals surface area contributed by atoms with Crippen molar-refractivity contribution in [3.8, 4) is 6.07 Å². The Labute approximate surface area is 99.8 Å². The summed E-state index contributed by atoms with van der Waals surface area (Å²) in [6, 6.07) is 1.60. The normalized spacial score (nSPS) is 25.5. The molecule has 2 unspecified atom stereocenters. The SMILES string of the molecule is CCN1CCN(CC(C#N)C(F)(F)F)CC1C. The van der Waals surface area contributed by atoms with Crippen LogP contribution in [0.2, 0.25) is 0 Å². The van der Waals surface area contributed by atoms with Gasteiger partial charge in [-0.3, -0.25) is 9.80 Å². The summed E-state index contributed by atoms with van der Waals surface area (Å²) in [5, 5.41) is 8.55. The Bertz CT molecular complexity index is 285. The van der Waals surface area contributed by atoms with Crippen LogP contribution in [0.4, 0.5) is 13.2 Å². The molecule has 2 atom stereocenters. The van der Waals surface area contributed by atoms with Gasteiger partial charge in [0.2, 0.25) is 0 Å². The molecule has 0 spiro atoms. The minimum absolute atomic E-state index is 0.206. The Hall–Kier alpha value is -0.800. The smallest absolute Gasteiger partial charge is 0.299 e. The van der Waals surface area contributed by atoms with E-state index in [4.69, 9.17) is 5.26 Å². The van der Waals surface area contributed by atoms with Crippen LogP contribution in [0.3, 0.4) is 0 Å². The van der Waals surface area contributed by atoms with E-state index in [1.54, 1.807) is 4.90 Å². The van der Waals surface area contributed by atoms with E-state index in [2.05, 4.69) is 4.90 Å². The van der Waals surface area contributed by atoms with E-state index in [9.17, 15) is 13.2 Å². The third kappa shape index (κ3) is 3.86. The number of nitriles is 1. The fourth-order valence-electron chi connectivity index (χ4n) is 2.18. The Morgan fingerprint density at radius 1 is 1.41 bits per heavy atom. The van der Waals surface area contributed by atoms with Gasteiger partial charge in [0.15, 0.2) is 5.92 Å². The standard InChI is InChI=1S/C11H18F3N3/c1-3-17-5-4-16(7-9(17)2)8-10(6-15)11(12,13)14/h9-10H,3-5,7-8H2,1-2H3. The van der Waals surface area contributed by atoms with Crippen molar-refractivity contribution in [3.05, 3.63) is 0 Å². The van der Waals surface area contributed by atoms with Crippen molar-refractivity contribution in [3.63, 3.8) is 0 Å². The molecule has 1 aliphatic rings. The van der Waals surface area contributed by atoms with E-state index < -0.39 is 12.1 Å². The van der Waals surface area contributed by atoms with E-state index in [1.165, 1.54) is 6.07 Å². The second kappa shape index (κ2) is 5.69. The average molecular weight is 249 g/mol. The topological polar surface area (TPSA) is 30.3 Å². The van der Waals surface area contributed by atoms with Crippen molar-refractivity contribution in [2.24, 2.45) is 5.92 Å². The Morgan fingerprint density at radius 3 is 2.47 bits per heavy atom. The monoisotopic (exact) mass is 249 g/mol. The van der Waals surface area contributed by atoms with Crippen LogP contribution >= 0.6 is 0 Å². The summed E-state index contributed by atoms with van der Waals surface area (Å²) in [7, 11) is 0. The van der Waals surface area contributed by atoms with Crippen molar-refractivity contribution in [2.45, 2.75) is 26.1 Å². The van der Waals surface area contributed by atoms with Gasteiger partial charge in [-0.25, -0.2) is 0 Å². The van der Waals surface area contributed by atoms with Crippen molar-refractivity contribution in [1.29, 1.82) is 5.26 Å². The lowest BCUT2D eigenvalue weighted by molar-refractivity contribution is -0.164. The molecule has 0 radical (unpaired) electrons. The van der Waals surface area contributed by atoms with E-state index >= 15 is 0 Å². The second-order valence-corrected chi connectivity index (χ2v) is 4.46. The minimum atomic E-state index is -4.42. The molecular weight excluding hydrogens is 231 g/mol. The van der Waals surface area contributed by atoms with Crippen molar-refractivity contribution in [1.82, 2.24) is 9.80 Å².